The van der Waals surface area contributed by atoms with Crippen molar-refractivity contribution in [3.8, 4) is 5.75 Å². The topological polar surface area (TPSA) is 103 Å². The van der Waals surface area contributed by atoms with Gasteiger partial charge in [-0.3, -0.25) is 10.1 Å². The zero-order valence-corrected chi connectivity index (χ0v) is 14.1. The van der Waals surface area contributed by atoms with Crippen molar-refractivity contribution < 1.29 is 14.4 Å². The van der Waals surface area contributed by atoms with E-state index in [9.17, 15) is 10.1 Å². The average molecular weight is 345 g/mol. The predicted molar refractivity (Wildman–Crippen MR) is 92.7 cm³/mol. The number of anilines is 3. The van der Waals surface area contributed by atoms with Crippen molar-refractivity contribution in [1.29, 1.82) is 0 Å². The number of ether oxygens (including phenoxy) is 2. The van der Waals surface area contributed by atoms with E-state index in [2.05, 4.69) is 15.3 Å². The second kappa shape index (κ2) is 7.31. The summed E-state index contributed by atoms with van der Waals surface area (Å²) in [6, 6.07) is 5.55. The van der Waals surface area contributed by atoms with Gasteiger partial charge >= 0.3 is 5.69 Å². The molecule has 0 aliphatic carbocycles. The van der Waals surface area contributed by atoms with E-state index in [4.69, 9.17) is 9.47 Å². The van der Waals surface area contributed by atoms with Gasteiger partial charge in [0.2, 0.25) is 11.6 Å². The summed E-state index contributed by atoms with van der Waals surface area (Å²) in [5.74, 6) is 0.995. The third-order valence-electron chi connectivity index (χ3n) is 3.90. The van der Waals surface area contributed by atoms with Crippen LogP contribution < -0.4 is 15.0 Å². The minimum atomic E-state index is -0.463. The van der Waals surface area contributed by atoms with Crippen LogP contribution >= 0.6 is 0 Å². The highest BCUT2D eigenvalue weighted by Gasteiger charge is 2.28. The zero-order valence-electron chi connectivity index (χ0n) is 14.1. The van der Waals surface area contributed by atoms with E-state index in [0.29, 0.717) is 37.7 Å². The Morgan fingerprint density at radius 1 is 1.32 bits per heavy atom. The third-order valence-corrected chi connectivity index (χ3v) is 3.90. The molecule has 0 unspecified atom stereocenters. The Labute approximate surface area is 144 Å². The Kier molecular flexibility index (Phi) is 4.94. The van der Waals surface area contributed by atoms with Crippen LogP contribution in [0.5, 0.6) is 5.75 Å². The van der Waals surface area contributed by atoms with Crippen LogP contribution in [0.3, 0.4) is 0 Å². The number of hydrogen-bond acceptors (Lipinski definition) is 8. The molecule has 1 aromatic heterocycles. The zero-order chi connectivity index (χ0) is 17.8. The summed E-state index contributed by atoms with van der Waals surface area (Å²) in [5, 5.41) is 14.7. The number of aryl methyl sites for hydroxylation is 1. The Balaban J connectivity index is 2.01. The number of aromatic nitrogens is 2. The lowest BCUT2D eigenvalue weighted by Crippen LogP contribution is -2.37. The minimum absolute atomic E-state index is 0.130. The first kappa shape index (κ1) is 16.9. The lowest BCUT2D eigenvalue weighted by Gasteiger charge is -2.27. The van der Waals surface area contributed by atoms with Crippen LogP contribution in [-0.2, 0) is 4.74 Å². The molecule has 0 spiro atoms. The summed E-state index contributed by atoms with van der Waals surface area (Å²) in [6.45, 7) is 4.04. The summed E-state index contributed by atoms with van der Waals surface area (Å²) in [5.41, 5.74) is 1.44. The van der Waals surface area contributed by atoms with Gasteiger partial charge < -0.3 is 19.7 Å². The number of benzene rings is 1. The molecular formula is C16H19N5O4. The molecule has 1 aliphatic rings. The van der Waals surface area contributed by atoms with Crippen molar-refractivity contribution in [2.24, 2.45) is 0 Å². The second-order valence-electron chi connectivity index (χ2n) is 5.58. The highest BCUT2D eigenvalue weighted by molar-refractivity contribution is 5.76. The van der Waals surface area contributed by atoms with Crippen LogP contribution in [0.4, 0.5) is 23.0 Å². The van der Waals surface area contributed by atoms with Crippen LogP contribution in [0, 0.1) is 17.0 Å². The SMILES string of the molecule is COc1ccc(C)cc1Nc1ncnc(N2CCOCC2)c1[N+](=O)[O-]. The number of nitrogens with one attached hydrogen (secondary N) is 1. The monoisotopic (exact) mass is 345 g/mol. The molecule has 2 aromatic rings. The van der Waals surface area contributed by atoms with E-state index in [1.54, 1.807) is 13.2 Å². The first-order valence-corrected chi connectivity index (χ1v) is 7.84. The predicted octanol–water partition coefficient (Wildman–Crippen LogP) is 2.28. The molecule has 25 heavy (non-hydrogen) atoms. The smallest absolute Gasteiger partial charge is 0.353 e. The Morgan fingerprint density at radius 3 is 2.76 bits per heavy atom. The molecule has 1 N–H and O–H groups in total. The average Bonchev–Trinajstić information content (AvgIpc) is 2.62. The molecule has 0 saturated carbocycles. The van der Waals surface area contributed by atoms with Crippen molar-refractivity contribution in [3.05, 3.63) is 40.2 Å². The van der Waals surface area contributed by atoms with Crippen molar-refractivity contribution >= 4 is 23.0 Å². The lowest BCUT2D eigenvalue weighted by atomic mass is 10.2. The molecule has 132 valence electrons. The van der Waals surface area contributed by atoms with Crippen LogP contribution in [-0.4, -0.2) is 48.3 Å². The van der Waals surface area contributed by atoms with Gasteiger partial charge in [-0.2, -0.15) is 0 Å². The van der Waals surface area contributed by atoms with Gasteiger partial charge in [-0.1, -0.05) is 6.07 Å². The van der Waals surface area contributed by atoms with Crippen molar-refractivity contribution in [1.82, 2.24) is 9.97 Å². The first-order chi connectivity index (χ1) is 12.1. The quantitative estimate of drug-likeness (QED) is 0.650. The van der Waals surface area contributed by atoms with Crippen LogP contribution in [0.2, 0.25) is 0 Å². The van der Waals surface area contributed by atoms with Gasteiger partial charge in [0.15, 0.2) is 0 Å². The van der Waals surface area contributed by atoms with E-state index >= 15 is 0 Å². The highest BCUT2D eigenvalue weighted by atomic mass is 16.6. The number of hydrogen-bond donors (Lipinski definition) is 1. The number of morpholine rings is 1. The van der Waals surface area contributed by atoms with Gasteiger partial charge in [0.25, 0.3) is 0 Å². The molecule has 0 radical (unpaired) electrons. The molecule has 0 atom stereocenters. The Hall–Kier alpha value is -2.94. The molecule has 2 heterocycles. The number of methoxy groups -OCH3 is 1. The van der Waals surface area contributed by atoms with Gasteiger partial charge in [0.1, 0.15) is 12.1 Å². The molecule has 0 bridgehead atoms. The van der Waals surface area contributed by atoms with E-state index in [0.717, 1.165) is 5.56 Å². The molecule has 1 fully saturated rings. The summed E-state index contributed by atoms with van der Waals surface area (Å²) >= 11 is 0. The molecule has 1 saturated heterocycles. The second-order valence-corrected chi connectivity index (χ2v) is 5.58. The fourth-order valence-electron chi connectivity index (χ4n) is 2.68. The summed E-state index contributed by atoms with van der Waals surface area (Å²) in [7, 11) is 1.55. The largest absolute Gasteiger partial charge is 0.495 e. The van der Waals surface area contributed by atoms with Gasteiger partial charge in [-0.05, 0) is 24.6 Å². The van der Waals surface area contributed by atoms with Crippen LogP contribution in [0.15, 0.2) is 24.5 Å². The van der Waals surface area contributed by atoms with Gasteiger partial charge in [0.05, 0.1) is 30.9 Å². The Morgan fingerprint density at radius 2 is 2.08 bits per heavy atom. The van der Waals surface area contributed by atoms with E-state index < -0.39 is 4.92 Å². The summed E-state index contributed by atoms with van der Waals surface area (Å²) < 4.78 is 10.6. The molecule has 9 heteroatoms. The van der Waals surface area contributed by atoms with Gasteiger partial charge in [0, 0.05) is 13.1 Å². The standard InChI is InChI=1S/C16H19N5O4/c1-11-3-4-13(24-2)12(9-11)19-15-14(21(22)23)16(18-10-17-15)20-5-7-25-8-6-20/h3-4,9-10H,5-8H2,1-2H3,(H,17,18,19). The van der Waals surface area contributed by atoms with Gasteiger partial charge in [-0.25, -0.2) is 9.97 Å². The number of nitro groups is 1. The van der Waals surface area contributed by atoms with Crippen molar-refractivity contribution in [3.63, 3.8) is 0 Å². The van der Waals surface area contributed by atoms with E-state index in [-0.39, 0.29) is 17.3 Å². The van der Waals surface area contributed by atoms with E-state index in [1.807, 2.05) is 24.0 Å². The normalized spacial score (nSPS) is 14.2. The first-order valence-electron chi connectivity index (χ1n) is 7.84. The van der Waals surface area contributed by atoms with Gasteiger partial charge in [-0.15, -0.1) is 0 Å². The maximum absolute atomic E-state index is 11.7. The summed E-state index contributed by atoms with van der Waals surface area (Å²) in [4.78, 5) is 21.3. The molecule has 0 amide bonds. The fraction of sp³-hybridized carbons (Fsp3) is 0.375. The maximum Gasteiger partial charge on any atom is 0.353 e. The molecule has 9 nitrogen and oxygen atoms in total. The maximum atomic E-state index is 11.7. The number of nitrogens with zero attached hydrogens (tertiary/aromatic N) is 4. The fourth-order valence-corrected chi connectivity index (χ4v) is 2.68. The highest BCUT2D eigenvalue weighted by Crippen LogP contribution is 2.36. The lowest BCUT2D eigenvalue weighted by molar-refractivity contribution is -0.383. The molecular weight excluding hydrogens is 326 g/mol. The van der Waals surface area contributed by atoms with Crippen LogP contribution in [0.1, 0.15) is 5.56 Å². The van der Waals surface area contributed by atoms with Crippen LogP contribution in [0.25, 0.3) is 0 Å². The minimum Gasteiger partial charge on any atom is -0.495 e. The molecule has 3 rings (SSSR count). The third kappa shape index (κ3) is 3.61. The summed E-state index contributed by atoms with van der Waals surface area (Å²) in [6.07, 6.45) is 1.32. The van der Waals surface area contributed by atoms with Crippen molar-refractivity contribution in [2.75, 3.05) is 43.6 Å². The number of rotatable bonds is 5. The molecule has 1 aliphatic heterocycles. The molecule has 1 aromatic carbocycles. The van der Waals surface area contributed by atoms with Crippen molar-refractivity contribution in [2.45, 2.75) is 6.92 Å². The Bertz CT molecular complexity index is 777. The van der Waals surface area contributed by atoms with E-state index in [1.165, 1.54) is 6.33 Å².